The molecule has 2 aromatic heterocycles. The Labute approximate surface area is 104 Å². The summed E-state index contributed by atoms with van der Waals surface area (Å²) < 4.78 is 6.82. The SMILES string of the molecule is O=C(NCc1cnn2c1CCCC2)c1ccno1. The molecule has 0 saturated carbocycles. The predicted molar refractivity (Wildman–Crippen MR) is 62.8 cm³/mol. The molecule has 0 unspecified atom stereocenters. The summed E-state index contributed by atoms with van der Waals surface area (Å²) in [7, 11) is 0. The van der Waals surface area contributed by atoms with E-state index in [4.69, 9.17) is 4.52 Å². The molecule has 94 valence electrons. The molecule has 0 fully saturated rings. The molecule has 1 aliphatic heterocycles. The van der Waals surface area contributed by atoms with E-state index in [1.807, 2.05) is 10.9 Å². The molecule has 3 rings (SSSR count). The first-order chi connectivity index (χ1) is 8.84. The van der Waals surface area contributed by atoms with E-state index in [1.165, 1.54) is 24.7 Å². The highest BCUT2D eigenvalue weighted by Crippen LogP contribution is 2.17. The maximum atomic E-state index is 11.7. The molecular weight excluding hydrogens is 232 g/mol. The molecular formula is C12H14N4O2. The third-order valence-electron chi connectivity index (χ3n) is 3.17. The van der Waals surface area contributed by atoms with E-state index in [-0.39, 0.29) is 11.7 Å². The van der Waals surface area contributed by atoms with E-state index in [2.05, 4.69) is 15.6 Å². The Bertz CT molecular complexity index is 544. The summed E-state index contributed by atoms with van der Waals surface area (Å²) in [5, 5.41) is 10.6. The molecule has 0 bridgehead atoms. The first-order valence-corrected chi connectivity index (χ1v) is 6.07. The molecule has 0 aromatic carbocycles. The lowest BCUT2D eigenvalue weighted by atomic mass is 10.1. The third kappa shape index (κ3) is 2.01. The zero-order valence-electron chi connectivity index (χ0n) is 9.93. The Morgan fingerprint density at radius 2 is 2.44 bits per heavy atom. The van der Waals surface area contributed by atoms with Gasteiger partial charge in [0.1, 0.15) is 0 Å². The van der Waals surface area contributed by atoms with Crippen molar-refractivity contribution in [2.75, 3.05) is 0 Å². The Balaban J connectivity index is 1.67. The summed E-state index contributed by atoms with van der Waals surface area (Å²) in [6.07, 6.45) is 6.69. The minimum absolute atomic E-state index is 0.232. The Hall–Kier alpha value is -2.11. The van der Waals surface area contributed by atoms with Crippen LogP contribution < -0.4 is 5.32 Å². The number of amides is 1. The minimum Gasteiger partial charge on any atom is -0.351 e. The summed E-state index contributed by atoms with van der Waals surface area (Å²) >= 11 is 0. The topological polar surface area (TPSA) is 73.0 Å². The van der Waals surface area contributed by atoms with Crippen LogP contribution in [0, 0.1) is 0 Å². The van der Waals surface area contributed by atoms with Crippen LogP contribution in [0.25, 0.3) is 0 Å². The van der Waals surface area contributed by atoms with Gasteiger partial charge in [-0.3, -0.25) is 9.48 Å². The standard InChI is InChI=1S/C12H14N4O2/c17-12(11-4-5-15-18-11)13-7-9-8-14-16-6-2-1-3-10(9)16/h4-5,8H,1-3,6-7H2,(H,13,17). The number of rotatable bonds is 3. The molecule has 6 nitrogen and oxygen atoms in total. The Morgan fingerprint density at radius 3 is 3.28 bits per heavy atom. The van der Waals surface area contributed by atoms with Crippen LogP contribution in [0.5, 0.6) is 0 Å². The van der Waals surface area contributed by atoms with Crippen molar-refractivity contribution in [3.8, 4) is 0 Å². The highest BCUT2D eigenvalue weighted by molar-refractivity contribution is 5.91. The molecule has 1 N–H and O–H groups in total. The number of aromatic nitrogens is 3. The monoisotopic (exact) mass is 246 g/mol. The van der Waals surface area contributed by atoms with Crippen molar-refractivity contribution in [3.63, 3.8) is 0 Å². The van der Waals surface area contributed by atoms with Crippen molar-refractivity contribution in [2.24, 2.45) is 0 Å². The van der Waals surface area contributed by atoms with E-state index in [1.54, 1.807) is 6.07 Å². The molecule has 3 heterocycles. The first-order valence-electron chi connectivity index (χ1n) is 6.07. The van der Waals surface area contributed by atoms with Crippen LogP contribution in [0.1, 0.15) is 34.7 Å². The summed E-state index contributed by atoms with van der Waals surface area (Å²) in [5.74, 6) is -0.0145. The molecule has 0 aliphatic carbocycles. The quantitative estimate of drug-likeness (QED) is 0.881. The van der Waals surface area contributed by atoms with Gasteiger partial charge < -0.3 is 9.84 Å². The number of nitrogens with zero attached hydrogens (tertiary/aromatic N) is 3. The molecule has 2 aromatic rings. The smallest absolute Gasteiger partial charge is 0.290 e. The molecule has 18 heavy (non-hydrogen) atoms. The van der Waals surface area contributed by atoms with Gasteiger partial charge in [-0.15, -0.1) is 0 Å². The Kier molecular flexibility index (Phi) is 2.84. The number of hydrogen-bond acceptors (Lipinski definition) is 4. The number of hydrogen-bond donors (Lipinski definition) is 1. The Morgan fingerprint density at radius 1 is 1.50 bits per heavy atom. The second-order valence-corrected chi connectivity index (χ2v) is 4.36. The fourth-order valence-corrected chi connectivity index (χ4v) is 2.23. The van der Waals surface area contributed by atoms with Crippen LogP contribution in [0.4, 0.5) is 0 Å². The number of carbonyl (C=O) groups is 1. The van der Waals surface area contributed by atoms with E-state index in [0.29, 0.717) is 6.54 Å². The maximum absolute atomic E-state index is 11.7. The van der Waals surface area contributed by atoms with Gasteiger partial charge in [0.05, 0.1) is 12.4 Å². The van der Waals surface area contributed by atoms with E-state index in [9.17, 15) is 4.79 Å². The average molecular weight is 246 g/mol. The fourth-order valence-electron chi connectivity index (χ4n) is 2.23. The maximum Gasteiger partial charge on any atom is 0.290 e. The van der Waals surface area contributed by atoms with Crippen molar-refractivity contribution in [2.45, 2.75) is 32.4 Å². The first kappa shape index (κ1) is 11.0. The van der Waals surface area contributed by atoms with Crippen molar-refractivity contribution in [1.29, 1.82) is 0 Å². The lowest BCUT2D eigenvalue weighted by Gasteiger charge is -2.14. The van der Waals surface area contributed by atoms with E-state index in [0.717, 1.165) is 18.5 Å². The summed E-state index contributed by atoms with van der Waals surface area (Å²) in [4.78, 5) is 11.7. The van der Waals surface area contributed by atoms with Gasteiger partial charge >= 0.3 is 0 Å². The molecule has 0 atom stereocenters. The molecule has 1 amide bonds. The fraction of sp³-hybridized carbons (Fsp3) is 0.417. The van der Waals surface area contributed by atoms with Crippen LogP contribution in [-0.4, -0.2) is 20.8 Å². The molecule has 0 spiro atoms. The molecule has 0 saturated heterocycles. The second kappa shape index (κ2) is 4.64. The number of nitrogens with one attached hydrogen (secondary N) is 1. The van der Waals surface area contributed by atoms with Crippen molar-refractivity contribution >= 4 is 5.91 Å². The van der Waals surface area contributed by atoms with E-state index < -0.39 is 0 Å². The highest BCUT2D eigenvalue weighted by atomic mass is 16.5. The number of aryl methyl sites for hydroxylation is 1. The minimum atomic E-state index is -0.247. The van der Waals surface area contributed by atoms with Gasteiger partial charge in [0.2, 0.25) is 5.76 Å². The van der Waals surface area contributed by atoms with Crippen molar-refractivity contribution in [3.05, 3.63) is 35.5 Å². The van der Waals surface area contributed by atoms with Gasteiger partial charge in [0, 0.05) is 30.4 Å². The summed E-state index contributed by atoms with van der Waals surface area (Å²) in [6.45, 7) is 1.46. The lowest BCUT2D eigenvalue weighted by molar-refractivity contribution is 0.0914. The van der Waals surface area contributed by atoms with Crippen LogP contribution >= 0.6 is 0 Å². The zero-order chi connectivity index (χ0) is 12.4. The van der Waals surface area contributed by atoms with Crippen LogP contribution in [0.2, 0.25) is 0 Å². The largest absolute Gasteiger partial charge is 0.351 e. The summed E-state index contributed by atoms with van der Waals surface area (Å²) in [5.41, 5.74) is 2.32. The van der Waals surface area contributed by atoms with Gasteiger partial charge in [0.25, 0.3) is 5.91 Å². The van der Waals surface area contributed by atoms with E-state index >= 15 is 0 Å². The number of carbonyl (C=O) groups excluding carboxylic acids is 1. The van der Waals surface area contributed by atoms with Gasteiger partial charge in [-0.25, -0.2) is 0 Å². The normalized spacial score (nSPS) is 14.2. The van der Waals surface area contributed by atoms with Crippen LogP contribution in [0.15, 0.2) is 23.0 Å². The summed E-state index contributed by atoms with van der Waals surface area (Å²) in [6, 6.07) is 1.54. The highest BCUT2D eigenvalue weighted by Gasteiger charge is 2.16. The second-order valence-electron chi connectivity index (χ2n) is 4.36. The van der Waals surface area contributed by atoms with Crippen molar-refractivity contribution < 1.29 is 9.32 Å². The van der Waals surface area contributed by atoms with Gasteiger partial charge in [-0.2, -0.15) is 5.10 Å². The lowest BCUT2D eigenvalue weighted by Crippen LogP contribution is -2.23. The average Bonchev–Trinajstić information content (AvgIpc) is 3.06. The molecule has 6 heteroatoms. The van der Waals surface area contributed by atoms with Gasteiger partial charge in [0.15, 0.2) is 0 Å². The number of fused-ring (bicyclic) bond motifs is 1. The molecule has 0 radical (unpaired) electrons. The predicted octanol–water partition coefficient (Wildman–Crippen LogP) is 1.14. The van der Waals surface area contributed by atoms with Crippen LogP contribution in [0.3, 0.4) is 0 Å². The third-order valence-corrected chi connectivity index (χ3v) is 3.17. The van der Waals surface area contributed by atoms with Crippen LogP contribution in [-0.2, 0) is 19.5 Å². The molecule has 1 aliphatic rings. The van der Waals surface area contributed by atoms with Crippen molar-refractivity contribution in [1.82, 2.24) is 20.3 Å². The van der Waals surface area contributed by atoms with Gasteiger partial charge in [-0.05, 0) is 19.3 Å². The zero-order valence-corrected chi connectivity index (χ0v) is 9.93. The van der Waals surface area contributed by atoms with Gasteiger partial charge in [-0.1, -0.05) is 5.16 Å².